The summed E-state index contributed by atoms with van der Waals surface area (Å²) >= 11 is 0. The number of aliphatic hydroxyl groups is 1. The summed E-state index contributed by atoms with van der Waals surface area (Å²) in [6.45, 7) is 2.13. The molecule has 18 heavy (non-hydrogen) atoms. The van der Waals surface area contributed by atoms with Gasteiger partial charge in [-0.15, -0.1) is 0 Å². The van der Waals surface area contributed by atoms with Crippen molar-refractivity contribution in [2.24, 2.45) is 0 Å². The lowest BCUT2D eigenvalue weighted by Crippen LogP contribution is -2.19. The molecule has 102 valence electrons. The minimum absolute atomic E-state index is 0.272. The van der Waals surface area contributed by atoms with Gasteiger partial charge in [-0.05, 0) is 44.0 Å². The van der Waals surface area contributed by atoms with Crippen LogP contribution in [0.1, 0.15) is 18.4 Å². The maximum absolute atomic E-state index is 8.66. The first-order chi connectivity index (χ1) is 8.81. The molecule has 0 spiro atoms. The van der Waals surface area contributed by atoms with Crippen LogP contribution < -0.4 is 14.8 Å². The number of methoxy groups -OCH3 is 2. The maximum atomic E-state index is 8.66. The summed E-state index contributed by atoms with van der Waals surface area (Å²) in [6.07, 6.45) is 2.79. The third kappa shape index (κ3) is 4.94. The fraction of sp³-hybridized carbons (Fsp3) is 0.571. The van der Waals surface area contributed by atoms with E-state index in [1.807, 2.05) is 18.2 Å². The normalized spacial score (nSPS) is 10.4. The molecule has 0 bridgehead atoms. The van der Waals surface area contributed by atoms with Crippen molar-refractivity contribution in [3.63, 3.8) is 0 Å². The fourth-order valence-electron chi connectivity index (χ4n) is 1.77. The molecule has 0 aromatic heterocycles. The predicted molar refractivity (Wildman–Crippen MR) is 72.4 cm³/mol. The summed E-state index contributed by atoms with van der Waals surface area (Å²) < 4.78 is 10.5. The lowest BCUT2D eigenvalue weighted by atomic mass is 10.1. The van der Waals surface area contributed by atoms with Gasteiger partial charge in [0.05, 0.1) is 14.2 Å². The highest BCUT2D eigenvalue weighted by molar-refractivity contribution is 5.40. The first kappa shape index (κ1) is 14.8. The van der Waals surface area contributed by atoms with Crippen molar-refractivity contribution in [2.45, 2.75) is 19.3 Å². The van der Waals surface area contributed by atoms with Gasteiger partial charge in [0.1, 0.15) is 11.5 Å². The monoisotopic (exact) mass is 253 g/mol. The molecule has 2 N–H and O–H groups in total. The van der Waals surface area contributed by atoms with Gasteiger partial charge in [0, 0.05) is 12.7 Å². The van der Waals surface area contributed by atoms with Gasteiger partial charge in [-0.3, -0.25) is 0 Å². The Morgan fingerprint density at radius 3 is 2.61 bits per heavy atom. The summed E-state index contributed by atoms with van der Waals surface area (Å²) in [5.74, 6) is 1.68. The second-order valence-electron chi connectivity index (χ2n) is 4.11. The molecule has 1 aromatic carbocycles. The van der Waals surface area contributed by atoms with Crippen LogP contribution in [0.5, 0.6) is 11.5 Å². The number of nitrogens with one attached hydrogen (secondary N) is 1. The van der Waals surface area contributed by atoms with E-state index in [1.54, 1.807) is 14.2 Å². The van der Waals surface area contributed by atoms with Crippen molar-refractivity contribution in [1.82, 2.24) is 5.32 Å². The first-order valence-corrected chi connectivity index (χ1v) is 6.34. The Labute approximate surface area is 109 Å². The zero-order valence-electron chi connectivity index (χ0n) is 11.2. The van der Waals surface area contributed by atoms with Crippen molar-refractivity contribution in [3.05, 3.63) is 23.8 Å². The van der Waals surface area contributed by atoms with E-state index in [1.165, 1.54) is 5.56 Å². The summed E-state index contributed by atoms with van der Waals surface area (Å²) in [5.41, 5.74) is 1.17. The van der Waals surface area contributed by atoms with Crippen molar-refractivity contribution in [1.29, 1.82) is 0 Å². The summed E-state index contributed by atoms with van der Waals surface area (Å²) in [5, 5.41) is 12.0. The predicted octanol–water partition coefficient (Wildman–Crippen LogP) is 1.61. The van der Waals surface area contributed by atoms with Crippen LogP contribution in [0.3, 0.4) is 0 Å². The Balaban J connectivity index is 2.37. The van der Waals surface area contributed by atoms with Crippen LogP contribution in [0.2, 0.25) is 0 Å². The van der Waals surface area contributed by atoms with Crippen LogP contribution in [0.25, 0.3) is 0 Å². The third-order valence-electron chi connectivity index (χ3n) is 2.83. The van der Waals surface area contributed by atoms with Crippen LogP contribution in [0.4, 0.5) is 0 Å². The van der Waals surface area contributed by atoms with E-state index >= 15 is 0 Å². The lowest BCUT2D eigenvalue weighted by Gasteiger charge is -2.10. The Morgan fingerprint density at radius 1 is 1.11 bits per heavy atom. The molecule has 0 radical (unpaired) electrons. The number of aliphatic hydroxyl groups excluding tert-OH is 1. The maximum Gasteiger partial charge on any atom is 0.125 e. The van der Waals surface area contributed by atoms with Gasteiger partial charge in [0.15, 0.2) is 0 Å². The van der Waals surface area contributed by atoms with Crippen LogP contribution in [0.15, 0.2) is 18.2 Å². The zero-order valence-corrected chi connectivity index (χ0v) is 11.2. The highest BCUT2D eigenvalue weighted by Crippen LogP contribution is 2.24. The average Bonchev–Trinajstić information content (AvgIpc) is 2.42. The Morgan fingerprint density at radius 2 is 1.94 bits per heavy atom. The van der Waals surface area contributed by atoms with E-state index in [9.17, 15) is 0 Å². The van der Waals surface area contributed by atoms with Crippen molar-refractivity contribution in [3.8, 4) is 11.5 Å². The van der Waals surface area contributed by atoms with Gasteiger partial charge in [0.2, 0.25) is 0 Å². The third-order valence-corrected chi connectivity index (χ3v) is 2.83. The Hall–Kier alpha value is -1.26. The summed E-state index contributed by atoms with van der Waals surface area (Å²) in [7, 11) is 3.32. The average molecular weight is 253 g/mol. The largest absolute Gasteiger partial charge is 0.497 e. The molecule has 4 nitrogen and oxygen atoms in total. The van der Waals surface area contributed by atoms with Gasteiger partial charge < -0.3 is 19.9 Å². The number of ether oxygens (including phenoxy) is 2. The number of unbranched alkanes of at least 4 members (excludes halogenated alkanes) is 1. The zero-order chi connectivity index (χ0) is 13.2. The smallest absolute Gasteiger partial charge is 0.125 e. The highest BCUT2D eigenvalue weighted by atomic mass is 16.5. The van der Waals surface area contributed by atoms with Gasteiger partial charge >= 0.3 is 0 Å². The van der Waals surface area contributed by atoms with E-state index in [2.05, 4.69) is 5.32 Å². The van der Waals surface area contributed by atoms with Gasteiger partial charge in [-0.25, -0.2) is 0 Å². The molecule has 0 amide bonds. The molecular formula is C14H23NO3. The number of rotatable bonds is 9. The van der Waals surface area contributed by atoms with Gasteiger partial charge in [-0.2, -0.15) is 0 Å². The van der Waals surface area contributed by atoms with Crippen LogP contribution in [-0.2, 0) is 6.42 Å². The standard InChI is InChI=1S/C14H23NO3/c1-17-13-6-5-12(14(11-13)18-2)7-9-15-8-3-4-10-16/h5-6,11,15-16H,3-4,7-10H2,1-2H3. The second-order valence-corrected chi connectivity index (χ2v) is 4.11. The fourth-order valence-corrected chi connectivity index (χ4v) is 1.77. The number of benzene rings is 1. The molecule has 0 unspecified atom stereocenters. The molecule has 0 saturated heterocycles. The van der Waals surface area contributed by atoms with Crippen molar-refractivity contribution >= 4 is 0 Å². The number of hydrogen-bond donors (Lipinski definition) is 2. The molecule has 1 rings (SSSR count). The quantitative estimate of drug-likeness (QED) is 0.656. The Bertz CT molecular complexity index is 342. The Kier molecular flexibility index (Phi) is 7.22. The van der Waals surface area contributed by atoms with Crippen LogP contribution in [0, 0.1) is 0 Å². The molecule has 0 heterocycles. The molecule has 0 aliphatic heterocycles. The molecule has 0 atom stereocenters. The molecular weight excluding hydrogens is 230 g/mol. The summed E-state index contributed by atoms with van der Waals surface area (Å²) in [6, 6.07) is 5.89. The van der Waals surface area contributed by atoms with E-state index in [4.69, 9.17) is 14.6 Å². The van der Waals surface area contributed by atoms with Gasteiger partial charge in [-0.1, -0.05) is 6.07 Å². The lowest BCUT2D eigenvalue weighted by molar-refractivity contribution is 0.284. The first-order valence-electron chi connectivity index (χ1n) is 6.34. The van der Waals surface area contributed by atoms with E-state index in [-0.39, 0.29) is 6.61 Å². The molecule has 0 aliphatic rings. The second kappa shape index (κ2) is 8.78. The topological polar surface area (TPSA) is 50.7 Å². The molecule has 4 heteroatoms. The van der Waals surface area contributed by atoms with E-state index < -0.39 is 0 Å². The molecule has 0 fully saturated rings. The van der Waals surface area contributed by atoms with E-state index in [0.717, 1.165) is 43.9 Å². The van der Waals surface area contributed by atoms with Gasteiger partial charge in [0.25, 0.3) is 0 Å². The van der Waals surface area contributed by atoms with E-state index in [0.29, 0.717) is 0 Å². The van der Waals surface area contributed by atoms with Crippen molar-refractivity contribution in [2.75, 3.05) is 33.9 Å². The number of hydrogen-bond acceptors (Lipinski definition) is 4. The summed E-state index contributed by atoms with van der Waals surface area (Å²) in [4.78, 5) is 0. The van der Waals surface area contributed by atoms with Crippen molar-refractivity contribution < 1.29 is 14.6 Å². The van der Waals surface area contributed by atoms with Crippen LogP contribution >= 0.6 is 0 Å². The molecule has 0 saturated carbocycles. The highest BCUT2D eigenvalue weighted by Gasteiger charge is 2.04. The minimum atomic E-state index is 0.272. The van der Waals surface area contributed by atoms with Crippen LogP contribution in [-0.4, -0.2) is 39.0 Å². The SMILES string of the molecule is COc1ccc(CCNCCCCO)c(OC)c1. The molecule has 1 aromatic rings. The molecule has 0 aliphatic carbocycles. The minimum Gasteiger partial charge on any atom is -0.497 e.